The van der Waals surface area contributed by atoms with Crippen molar-refractivity contribution in [3.8, 4) is 5.75 Å². The van der Waals surface area contributed by atoms with Gasteiger partial charge in [0, 0.05) is 28.9 Å². The van der Waals surface area contributed by atoms with E-state index < -0.39 is 19.0 Å². The maximum Gasteiger partial charge on any atom is 0.340 e. The number of nitrogens with two attached hydrogens (primary N) is 1. The number of benzene rings is 1. The average Bonchev–Trinajstić information content (AvgIpc) is 2.38. The van der Waals surface area contributed by atoms with Gasteiger partial charge >= 0.3 is 12.3 Å². The largest absolute Gasteiger partial charge is 0.486 e. The molecule has 0 aliphatic carbocycles. The molecule has 0 unspecified atom stereocenters. The molecule has 0 atom stereocenters. The third kappa shape index (κ3) is 2.69. The molecule has 7 heteroatoms. The molecule has 2 rings (SSSR count). The van der Waals surface area contributed by atoms with Crippen molar-refractivity contribution < 1.29 is 22.3 Å². The molecule has 0 aliphatic heterocycles. The molecule has 2 aromatic rings. The van der Waals surface area contributed by atoms with Gasteiger partial charge in [0.15, 0.2) is 6.61 Å². The van der Waals surface area contributed by atoms with Crippen molar-refractivity contribution in [3.05, 3.63) is 30.6 Å². The maximum atomic E-state index is 12.8. The fraction of sp³-hybridized carbons (Fsp3) is 0.250. The van der Waals surface area contributed by atoms with Crippen LogP contribution < -0.4 is 10.5 Å². The Morgan fingerprint density at radius 1 is 1.21 bits per heavy atom. The van der Waals surface area contributed by atoms with Gasteiger partial charge in [-0.15, -0.1) is 0 Å². The van der Waals surface area contributed by atoms with E-state index in [4.69, 9.17) is 10.5 Å². The smallest absolute Gasteiger partial charge is 0.340 e. The lowest BCUT2D eigenvalue weighted by atomic mass is 10.1. The number of nitrogens with zero attached hydrogens (tertiary/aromatic N) is 1. The van der Waals surface area contributed by atoms with Crippen molar-refractivity contribution in [2.45, 2.75) is 12.3 Å². The summed E-state index contributed by atoms with van der Waals surface area (Å²) < 4.78 is 54.5. The summed E-state index contributed by atoms with van der Waals surface area (Å²) in [5, 5.41) is 0.959. The third-order valence-electron chi connectivity index (χ3n) is 2.55. The van der Waals surface area contributed by atoms with Crippen molar-refractivity contribution in [1.82, 2.24) is 4.98 Å². The van der Waals surface area contributed by atoms with Gasteiger partial charge in [-0.2, -0.15) is 8.78 Å². The highest BCUT2D eigenvalue weighted by Gasteiger charge is 2.41. The number of aromatic nitrogens is 1. The first kappa shape index (κ1) is 13.4. The number of ether oxygens (including phenoxy) is 1. The molecule has 3 nitrogen and oxygen atoms in total. The van der Waals surface area contributed by atoms with Crippen LogP contribution >= 0.6 is 0 Å². The molecule has 19 heavy (non-hydrogen) atoms. The second kappa shape index (κ2) is 4.91. The van der Waals surface area contributed by atoms with Gasteiger partial charge < -0.3 is 10.5 Å². The van der Waals surface area contributed by atoms with E-state index in [1.54, 1.807) is 0 Å². The summed E-state index contributed by atoms with van der Waals surface area (Å²) in [6, 6.07) is 4.32. The minimum atomic E-state index is -4.19. The van der Waals surface area contributed by atoms with Gasteiger partial charge in [0.1, 0.15) is 5.75 Å². The monoisotopic (exact) mass is 274 g/mol. The van der Waals surface area contributed by atoms with Crippen LogP contribution in [0.4, 0.5) is 23.2 Å². The van der Waals surface area contributed by atoms with E-state index in [1.807, 2.05) is 0 Å². The molecule has 0 aliphatic rings. The van der Waals surface area contributed by atoms with Crippen LogP contribution in [0.2, 0.25) is 0 Å². The number of pyridine rings is 1. The Hall–Kier alpha value is -2.05. The van der Waals surface area contributed by atoms with Gasteiger partial charge in [0.25, 0.3) is 0 Å². The molecule has 0 fully saturated rings. The van der Waals surface area contributed by atoms with Crippen molar-refractivity contribution >= 4 is 16.5 Å². The summed E-state index contributed by atoms with van der Waals surface area (Å²) >= 11 is 0. The number of halogens is 4. The average molecular weight is 274 g/mol. The van der Waals surface area contributed by atoms with Crippen molar-refractivity contribution in [2.75, 3.05) is 12.3 Å². The summed E-state index contributed by atoms with van der Waals surface area (Å²) in [4.78, 5) is 3.85. The van der Waals surface area contributed by atoms with Crippen LogP contribution in [0, 0.1) is 0 Å². The zero-order valence-corrected chi connectivity index (χ0v) is 9.62. The van der Waals surface area contributed by atoms with Crippen LogP contribution in [0.5, 0.6) is 5.75 Å². The third-order valence-corrected chi connectivity index (χ3v) is 2.55. The first-order valence-electron chi connectivity index (χ1n) is 5.33. The molecule has 0 bridgehead atoms. The molecule has 0 radical (unpaired) electrons. The van der Waals surface area contributed by atoms with E-state index in [9.17, 15) is 17.6 Å². The number of nitrogen functional groups attached to an aromatic ring is 1. The summed E-state index contributed by atoms with van der Waals surface area (Å²) in [6.07, 6.45) is -0.892. The van der Waals surface area contributed by atoms with Crippen molar-refractivity contribution in [3.63, 3.8) is 0 Å². The fourth-order valence-electron chi connectivity index (χ4n) is 1.55. The Labute approximate surface area is 106 Å². The lowest BCUT2D eigenvalue weighted by Crippen LogP contribution is -2.33. The van der Waals surface area contributed by atoms with Gasteiger partial charge in [-0.1, -0.05) is 0 Å². The summed E-state index contributed by atoms with van der Waals surface area (Å²) in [5.41, 5.74) is 6.09. The maximum absolute atomic E-state index is 12.8. The predicted molar refractivity (Wildman–Crippen MR) is 62.6 cm³/mol. The van der Waals surface area contributed by atoms with E-state index in [0.29, 0.717) is 16.5 Å². The second-order valence-corrected chi connectivity index (χ2v) is 3.92. The molecule has 0 saturated heterocycles. The predicted octanol–water partition coefficient (Wildman–Crippen LogP) is 3.10. The number of hydrogen-bond donors (Lipinski definition) is 1. The Bertz CT molecular complexity index is 589. The van der Waals surface area contributed by atoms with Crippen molar-refractivity contribution in [2.24, 2.45) is 0 Å². The highest BCUT2D eigenvalue weighted by atomic mass is 19.3. The van der Waals surface area contributed by atoms with Crippen LogP contribution in [0.15, 0.2) is 30.6 Å². The summed E-state index contributed by atoms with van der Waals surface area (Å²) in [7, 11) is 0. The first-order chi connectivity index (χ1) is 8.92. The van der Waals surface area contributed by atoms with Crippen LogP contribution in [-0.4, -0.2) is 23.9 Å². The van der Waals surface area contributed by atoms with Gasteiger partial charge in [-0.05, 0) is 18.2 Å². The molecular weight excluding hydrogens is 264 g/mol. The zero-order valence-electron chi connectivity index (χ0n) is 9.62. The Kier molecular flexibility index (Phi) is 3.46. The van der Waals surface area contributed by atoms with Crippen LogP contribution in [0.25, 0.3) is 10.8 Å². The number of hydrogen-bond acceptors (Lipinski definition) is 3. The number of rotatable bonds is 4. The summed E-state index contributed by atoms with van der Waals surface area (Å²) in [5.74, 6) is -4.13. The molecular formula is C12H10F4N2O. The lowest BCUT2D eigenvalue weighted by molar-refractivity contribution is -0.148. The van der Waals surface area contributed by atoms with Gasteiger partial charge in [0.05, 0.1) is 0 Å². The topological polar surface area (TPSA) is 48.1 Å². The van der Waals surface area contributed by atoms with E-state index in [2.05, 4.69) is 4.98 Å². The zero-order chi connectivity index (χ0) is 14.0. The molecule has 1 aromatic carbocycles. The Balaban J connectivity index is 2.29. The number of anilines is 1. The quantitative estimate of drug-likeness (QED) is 0.688. The number of fused-ring (bicyclic) bond motifs is 1. The first-order valence-corrected chi connectivity index (χ1v) is 5.33. The Morgan fingerprint density at radius 3 is 2.63 bits per heavy atom. The molecule has 102 valence electrons. The lowest BCUT2D eigenvalue weighted by Gasteiger charge is -2.17. The van der Waals surface area contributed by atoms with E-state index >= 15 is 0 Å². The minimum Gasteiger partial charge on any atom is -0.486 e. The summed E-state index contributed by atoms with van der Waals surface area (Å²) in [6.45, 7) is -1.40. The fourth-order valence-corrected chi connectivity index (χ4v) is 1.55. The molecule has 0 saturated carbocycles. The number of alkyl halides is 4. The van der Waals surface area contributed by atoms with E-state index in [-0.39, 0.29) is 5.75 Å². The van der Waals surface area contributed by atoms with E-state index in [0.717, 1.165) is 0 Å². The minimum absolute atomic E-state index is 0.0620. The van der Waals surface area contributed by atoms with Gasteiger partial charge in [-0.3, -0.25) is 4.98 Å². The molecule has 0 spiro atoms. The standard InChI is InChI=1S/C12H10F4N2O/c13-11(14)12(15,16)6-19-10-2-1-9(17)8-5-18-4-3-7(8)10/h1-5,11H,6,17H2. The highest BCUT2D eigenvalue weighted by Crippen LogP contribution is 2.31. The molecule has 2 N–H and O–H groups in total. The van der Waals surface area contributed by atoms with Gasteiger partial charge in [0.2, 0.25) is 0 Å². The Morgan fingerprint density at radius 2 is 1.95 bits per heavy atom. The van der Waals surface area contributed by atoms with Crippen molar-refractivity contribution in [1.29, 1.82) is 0 Å². The van der Waals surface area contributed by atoms with Crippen LogP contribution in [0.1, 0.15) is 0 Å². The normalized spacial score (nSPS) is 12.1. The van der Waals surface area contributed by atoms with E-state index in [1.165, 1.54) is 30.6 Å². The second-order valence-electron chi connectivity index (χ2n) is 3.92. The molecule has 1 aromatic heterocycles. The highest BCUT2D eigenvalue weighted by molar-refractivity contribution is 5.96. The molecule has 1 heterocycles. The van der Waals surface area contributed by atoms with Crippen LogP contribution in [-0.2, 0) is 0 Å². The van der Waals surface area contributed by atoms with Gasteiger partial charge in [-0.25, -0.2) is 8.78 Å². The SMILES string of the molecule is Nc1ccc(OCC(F)(F)C(F)F)c2ccncc12. The molecule has 0 amide bonds. The van der Waals surface area contributed by atoms with Crippen LogP contribution in [0.3, 0.4) is 0 Å².